The van der Waals surface area contributed by atoms with Crippen LogP contribution in [0.25, 0.3) is 0 Å². The molecule has 1 aliphatic rings. The summed E-state index contributed by atoms with van der Waals surface area (Å²) in [6, 6.07) is 0. The van der Waals surface area contributed by atoms with Crippen LogP contribution < -0.4 is 0 Å². The smallest absolute Gasteiger partial charge is 0.249 e. The van der Waals surface area contributed by atoms with Gasteiger partial charge in [0, 0.05) is 18.7 Å². The van der Waals surface area contributed by atoms with E-state index in [1.165, 1.54) is 0 Å². The zero-order valence-electron chi connectivity index (χ0n) is 9.05. The third kappa shape index (κ3) is 2.33. The van der Waals surface area contributed by atoms with E-state index in [0.29, 0.717) is 0 Å². The summed E-state index contributed by atoms with van der Waals surface area (Å²) >= 11 is 0. The number of allylic oxidation sites excluding steroid dienone is 1. The summed E-state index contributed by atoms with van der Waals surface area (Å²) in [5.74, 6) is 0.202. The van der Waals surface area contributed by atoms with Crippen LogP contribution >= 0.6 is 0 Å². The van der Waals surface area contributed by atoms with Crippen LogP contribution in [-0.4, -0.2) is 23.9 Å². The van der Waals surface area contributed by atoms with Gasteiger partial charge in [0.15, 0.2) is 0 Å². The number of hydrogen-bond donors (Lipinski definition) is 0. The second kappa shape index (κ2) is 3.52. The van der Waals surface area contributed by atoms with Gasteiger partial charge < -0.3 is 4.90 Å². The summed E-state index contributed by atoms with van der Waals surface area (Å²) in [5, 5.41) is 0. The fourth-order valence-electron chi connectivity index (χ4n) is 1.67. The molecule has 0 saturated carbocycles. The molecule has 0 atom stereocenters. The maximum atomic E-state index is 11.7. The fourth-order valence-corrected chi connectivity index (χ4v) is 1.67. The van der Waals surface area contributed by atoms with E-state index in [4.69, 9.17) is 0 Å². The molecule has 0 fully saturated rings. The van der Waals surface area contributed by atoms with Gasteiger partial charge in [0.1, 0.15) is 0 Å². The zero-order chi connectivity index (χ0) is 10.1. The van der Waals surface area contributed by atoms with Crippen LogP contribution in [0.5, 0.6) is 0 Å². The third-order valence-corrected chi connectivity index (χ3v) is 2.59. The maximum Gasteiger partial charge on any atom is 0.249 e. The van der Waals surface area contributed by atoms with Gasteiger partial charge in [-0.3, -0.25) is 4.79 Å². The average molecular weight is 181 g/mol. The number of rotatable bonds is 1. The number of carbonyl (C=O) groups excluding carboxylic acids is 1. The van der Waals surface area contributed by atoms with Crippen molar-refractivity contribution in [3.05, 3.63) is 11.6 Å². The lowest BCUT2D eigenvalue weighted by atomic mass is 9.89. The minimum atomic E-state index is 0.202. The van der Waals surface area contributed by atoms with Crippen molar-refractivity contribution in [2.45, 2.75) is 34.1 Å². The van der Waals surface area contributed by atoms with E-state index in [0.717, 1.165) is 25.1 Å². The van der Waals surface area contributed by atoms with Crippen LogP contribution in [0.4, 0.5) is 0 Å². The predicted molar refractivity (Wildman–Crippen MR) is 54.4 cm³/mol. The Hall–Kier alpha value is -0.790. The molecule has 0 spiro atoms. The number of likely N-dealkylation sites (N-methyl/N-ethyl adjacent to an activating group) is 1. The molecule has 1 amide bonds. The van der Waals surface area contributed by atoms with E-state index >= 15 is 0 Å². The average Bonchev–Trinajstić information content (AvgIpc) is 2.17. The molecule has 13 heavy (non-hydrogen) atoms. The summed E-state index contributed by atoms with van der Waals surface area (Å²) < 4.78 is 0. The first-order chi connectivity index (χ1) is 5.96. The molecule has 0 aromatic heterocycles. The first-order valence-electron chi connectivity index (χ1n) is 4.92. The third-order valence-electron chi connectivity index (χ3n) is 2.59. The molecule has 0 unspecified atom stereocenters. The first-order valence-corrected chi connectivity index (χ1v) is 4.92. The van der Waals surface area contributed by atoms with Crippen LogP contribution in [0.2, 0.25) is 0 Å². The van der Waals surface area contributed by atoms with Gasteiger partial charge >= 0.3 is 0 Å². The van der Waals surface area contributed by atoms with Crippen molar-refractivity contribution >= 4 is 5.91 Å². The number of amides is 1. The Kier molecular flexibility index (Phi) is 2.79. The molecular weight excluding hydrogens is 162 g/mol. The molecule has 0 bridgehead atoms. The molecule has 0 saturated heterocycles. The summed E-state index contributed by atoms with van der Waals surface area (Å²) in [4.78, 5) is 13.7. The molecule has 0 aromatic rings. The van der Waals surface area contributed by atoms with Crippen LogP contribution in [0, 0.1) is 5.41 Å². The molecule has 74 valence electrons. The Morgan fingerprint density at radius 1 is 1.54 bits per heavy atom. The van der Waals surface area contributed by atoms with Crippen molar-refractivity contribution in [2.75, 3.05) is 13.1 Å². The van der Waals surface area contributed by atoms with E-state index in [1.807, 2.05) is 18.7 Å². The lowest BCUT2D eigenvalue weighted by Gasteiger charge is -2.28. The fraction of sp³-hybridized carbons (Fsp3) is 0.727. The van der Waals surface area contributed by atoms with E-state index < -0.39 is 0 Å². The SMILES string of the molecule is CCN1CC(C)(C)CC=C(C)C1=O. The van der Waals surface area contributed by atoms with Gasteiger partial charge in [-0.1, -0.05) is 19.9 Å². The van der Waals surface area contributed by atoms with E-state index in [1.54, 1.807) is 0 Å². The van der Waals surface area contributed by atoms with Gasteiger partial charge in [-0.2, -0.15) is 0 Å². The highest BCUT2D eigenvalue weighted by atomic mass is 16.2. The molecule has 0 N–H and O–H groups in total. The minimum Gasteiger partial charge on any atom is -0.339 e. The Labute approximate surface area is 80.6 Å². The number of carbonyl (C=O) groups is 1. The topological polar surface area (TPSA) is 20.3 Å². The van der Waals surface area contributed by atoms with Gasteiger partial charge in [-0.15, -0.1) is 0 Å². The molecule has 2 heteroatoms. The zero-order valence-corrected chi connectivity index (χ0v) is 9.05. The predicted octanol–water partition coefficient (Wildman–Crippen LogP) is 2.21. The van der Waals surface area contributed by atoms with E-state index in [2.05, 4.69) is 19.9 Å². The van der Waals surface area contributed by atoms with Crippen molar-refractivity contribution in [1.29, 1.82) is 0 Å². The van der Waals surface area contributed by atoms with Crippen LogP contribution in [0.3, 0.4) is 0 Å². The second-order valence-electron chi connectivity index (χ2n) is 4.57. The summed E-state index contributed by atoms with van der Waals surface area (Å²) in [7, 11) is 0. The van der Waals surface area contributed by atoms with Crippen molar-refractivity contribution in [2.24, 2.45) is 5.41 Å². The van der Waals surface area contributed by atoms with Gasteiger partial charge in [0.25, 0.3) is 0 Å². The number of nitrogens with zero attached hydrogens (tertiary/aromatic N) is 1. The molecule has 1 rings (SSSR count). The summed E-state index contributed by atoms with van der Waals surface area (Å²) in [5.41, 5.74) is 1.12. The van der Waals surface area contributed by atoms with Crippen molar-refractivity contribution in [1.82, 2.24) is 4.90 Å². The lowest BCUT2D eigenvalue weighted by Crippen LogP contribution is -2.37. The summed E-state index contributed by atoms with van der Waals surface area (Å²) in [6.45, 7) is 10.0. The van der Waals surface area contributed by atoms with E-state index in [-0.39, 0.29) is 11.3 Å². The Balaban J connectivity index is 2.89. The molecular formula is C11H19NO. The summed E-state index contributed by atoms with van der Waals surface area (Å²) in [6.07, 6.45) is 3.07. The Bertz CT molecular complexity index is 240. The molecule has 0 aromatic carbocycles. The highest BCUT2D eigenvalue weighted by molar-refractivity contribution is 5.93. The lowest BCUT2D eigenvalue weighted by molar-refractivity contribution is -0.127. The molecule has 1 aliphatic heterocycles. The monoisotopic (exact) mass is 181 g/mol. The normalized spacial score (nSPS) is 22.6. The largest absolute Gasteiger partial charge is 0.339 e. The molecule has 0 radical (unpaired) electrons. The van der Waals surface area contributed by atoms with Crippen molar-refractivity contribution in [3.8, 4) is 0 Å². The van der Waals surface area contributed by atoms with Crippen LogP contribution in [0.1, 0.15) is 34.1 Å². The molecule has 0 aliphatic carbocycles. The Morgan fingerprint density at radius 2 is 2.15 bits per heavy atom. The Morgan fingerprint density at radius 3 is 2.69 bits per heavy atom. The standard InChI is InChI=1S/C11H19NO/c1-5-12-8-11(3,4)7-6-9(2)10(12)13/h6H,5,7-8H2,1-4H3. The van der Waals surface area contributed by atoms with Gasteiger partial charge in [-0.05, 0) is 25.7 Å². The van der Waals surface area contributed by atoms with Crippen LogP contribution in [0.15, 0.2) is 11.6 Å². The highest BCUT2D eigenvalue weighted by Gasteiger charge is 2.27. The van der Waals surface area contributed by atoms with Crippen molar-refractivity contribution in [3.63, 3.8) is 0 Å². The number of hydrogen-bond acceptors (Lipinski definition) is 1. The van der Waals surface area contributed by atoms with Gasteiger partial charge in [-0.25, -0.2) is 0 Å². The first kappa shape index (κ1) is 10.3. The van der Waals surface area contributed by atoms with E-state index in [9.17, 15) is 4.79 Å². The molecule has 1 heterocycles. The van der Waals surface area contributed by atoms with Gasteiger partial charge in [0.2, 0.25) is 5.91 Å². The quantitative estimate of drug-likeness (QED) is 0.607. The van der Waals surface area contributed by atoms with Gasteiger partial charge in [0.05, 0.1) is 0 Å². The highest BCUT2D eigenvalue weighted by Crippen LogP contribution is 2.26. The second-order valence-corrected chi connectivity index (χ2v) is 4.57. The molecule has 2 nitrogen and oxygen atoms in total. The van der Waals surface area contributed by atoms with Crippen molar-refractivity contribution < 1.29 is 4.79 Å². The minimum absolute atomic E-state index is 0.202. The van der Waals surface area contributed by atoms with Crippen LogP contribution in [-0.2, 0) is 4.79 Å². The maximum absolute atomic E-state index is 11.7.